The Morgan fingerprint density at radius 1 is 1.07 bits per heavy atom. The average molecular weight is 200 g/mol. The molecule has 0 saturated carbocycles. The lowest BCUT2D eigenvalue weighted by Gasteiger charge is -2.07. The van der Waals surface area contributed by atoms with Crippen molar-refractivity contribution in [2.75, 3.05) is 0 Å². The maximum Gasteiger partial charge on any atom is 0.223 e. The van der Waals surface area contributed by atoms with Gasteiger partial charge in [0.25, 0.3) is 0 Å². The van der Waals surface area contributed by atoms with E-state index < -0.39 is 0 Å². The molecule has 0 atom stereocenters. The fourth-order valence-corrected chi connectivity index (χ4v) is 1.27. The van der Waals surface area contributed by atoms with E-state index in [4.69, 9.17) is 10.5 Å². The Kier molecular flexibility index (Phi) is 2.95. The minimum atomic E-state index is 0.427. The Hall–Kier alpha value is -1.87. The maximum atomic E-state index is 5.61. The molecule has 0 radical (unpaired) electrons. The molecule has 1 heterocycles. The second kappa shape index (κ2) is 4.57. The van der Waals surface area contributed by atoms with Crippen LogP contribution in [0.4, 0.5) is 0 Å². The quantitative estimate of drug-likeness (QED) is 0.827. The first-order valence-corrected chi connectivity index (χ1v) is 4.77. The topological polar surface area (TPSA) is 48.1 Å². The summed E-state index contributed by atoms with van der Waals surface area (Å²) in [5.41, 5.74) is 6.49. The molecule has 0 fully saturated rings. The Balaban J connectivity index is 2.24. The highest BCUT2D eigenvalue weighted by molar-refractivity contribution is 5.31. The van der Waals surface area contributed by atoms with Gasteiger partial charge in [0.2, 0.25) is 5.88 Å². The first-order chi connectivity index (χ1) is 7.40. The van der Waals surface area contributed by atoms with Crippen molar-refractivity contribution >= 4 is 0 Å². The van der Waals surface area contributed by atoms with Crippen molar-refractivity contribution in [3.05, 3.63) is 54.2 Å². The third-order valence-electron chi connectivity index (χ3n) is 2.03. The van der Waals surface area contributed by atoms with Gasteiger partial charge in [-0.05, 0) is 18.2 Å². The van der Waals surface area contributed by atoms with Crippen molar-refractivity contribution in [2.24, 2.45) is 5.73 Å². The minimum absolute atomic E-state index is 0.427. The number of nitrogens with zero attached hydrogens (tertiary/aromatic N) is 1. The highest BCUT2D eigenvalue weighted by Crippen LogP contribution is 2.21. The Labute approximate surface area is 88.5 Å². The molecule has 0 spiro atoms. The van der Waals surface area contributed by atoms with Gasteiger partial charge in [0.05, 0.1) is 0 Å². The third kappa shape index (κ3) is 2.33. The molecule has 0 aliphatic rings. The van der Waals surface area contributed by atoms with E-state index in [1.54, 1.807) is 6.20 Å². The lowest BCUT2D eigenvalue weighted by atomic mass is 10.3. The molecule has 15 heavy (non-hydrogen) atoms. The van der Waals surface area contributed by atoms with Crippen LogP contribution in [0.3, 0.4) is 0 Å². The fourth-order valence-electron chi connectivity index (χ4n) is 1.27. The van der Waals surface area contributed by atoms with Crippen LogP contribution >= 0.6 is 0 Å². The van der Waals surface area contributed by atoms with Crippen LogP contribution in [0, 0.1) is 0 Å². The van der Waals surface area contributed by atoms with Gasteiger partial charge in [0.15, 0.2) is 0 Å². The molecular formula is C12H12N2O. The number of aromatic nitrogens is 1. The van der Waals surface area contributed by atoms with E-state index in [1.807, 2.05) is 42.5 Å². The molecule has 0 saturated heterocycles. The largest absolute Gasteiger partial charge is 0.439 e. The van der Waals surface area contributed by atoms with E-state index in [2.05, 4.69) is 4.98 Å². The summed E-state index contributed by atoms with van der Waals surface area (Å²) < 4.78 is 5.61. The minimum Gasteiger partial charge on any atom is -0.439 e. The molecule has 2 aromatic rings. The second-order valence-electron chi connectivity index (χ2n) is 3.09. The monoisotopic (exact) mass is 200 g/mol. The zero-order chi connectivity index (χ0) is 10.5. The Morgan fingerprint density at radius 2 is 1.87 bits per heavy atom. The number of para-hydroxylation sites is 1. The van der Waals surface area contributed by atoms with E-state index in [1.165, 1.54) is 0 Å². The first-order valence-electron chi connectivity index (χ1n) is 4.77. The number of rotatable bonds is 3. The van der Waals surface area contributed by atoms with Gasteiger partial charge in [-0.2, -0.15) is 0 Å². The first kappa shape index (κ1) is 9.68. The molecule has 0 amide bonds. The van der Waals surface area contributed by atoms with Gasteiger partial charge in [-0.3, -0.25) is 0 Å². The summed E-state index contributed by atoms with van der Waals surface area (Å²) in [6.45, 7) is 0.427. The van der Waals surface area contributed by atoms with Gasteiger partial charge in [-0.25, -0.2) is 4.98 Å². The van der Waals surface area contributed by atoms with Gasteiger partial charge in [-0.1, -0.05) is 24.3 Å². The normalized spacial score (nSPS) is 9.93. The second-order valence-corrected chi connectivity index (χ2v) is 3.09. The highest BCUT2D eigenvalue weighted by Gasteiger charge is 2.03. The predicted molar refractivity (Wildman–Crippen MR) is 58.6 cm³/mol. The summed E-state index contributed by atoms with van der Waals surface area (Å²) in [6, 6.07) is 13.3. The molecule has 3 heteroatoms. The van der Waals surface area contributed by atoms with Crippen LogP contribution in [0.1, 0.15) is 5.56 Å². The van der Waals surface area contributed by atoms with Crippen molar-refractivity contribution in [2.45, 2.75) is 6.54 Å². The van der Waals surface area contributed by atoms with E-state index in [0.29, 0.717) is 12.4 Å². The summed E-state index contributed by atoms with van der Waals surface area (Å²) in [5, 5.41) is 0. The van der Waals surface area contributed by atoms with Gasteiger partial charge in [0, 0.05) is 18.3 Å². The molecule has 2 rings (SSSR count). The molecular weight excluding hydrogens is 188 g/mol. The molecule has 3 nitrogen and oxygen atoms in total. The summed E-state index contributed by atoms with van der Waals surface area (Å²) in [5.74, 6) is 1.34. The highest BCUT2D eigenvalue weighted by atomic mass is 16.5. The van der Waals surface area contributed by atoms with E-state index in [0.717, 1.165) is 11.3 Å². The predicted octanol–water partition coefficient (Wildman–Crippen LogP) is 2.33. The lowest BCUT2D eigenvalue weighted by Crippen LogP contribution is -2.00. The van der Waals surface area contributed by atoms with Crippen LogP contribution < -0.4 is 10.5 Å². The number of hydrogen-bond donors (Lipinski definition) is 1. The molecule has 0 aliphatic carbocycles. The summed E-state index contributed by atoms with van der Waals surface area (Å²) in [7, 11) is 0. The smallest absolute Gasteiger partial charge is 0.223 e. The standard InChI is InChI=1S/C12H12N2O/c13-9-10-5-4-8-14-12(10)15-11-6-2-1-3-7-11/h1-8H,9,13H2. The zero-order valence-electron chi connectivity index (χ0n) is 8.26. The van der Waals surface area contributed by atoms with Crippen LogP contribution in [0.25, 0.3) is 0 Å². The zero-order valence-corrected chi connectivity index (χ0v) is 8.26. The van der Waals surface area contributed by atoms with Crippen molar-refractivity contribution in [3.8, 4) is 11.6 Å². The number of ether oxygens (including phenoxy) is 1. The number of benzene rings is 1. The number of hydrogen-bond acceptors (Lipinski definition) is 3. The molecule has 0 unspecified atom stereocenters. The lowest BCUT2D eigenvalue weighted by molar-refractivity contribution is 0.456. The molecule has 0 aliphatic heterocycles. The van der Waals surface area contributed by atoms with Crippen molar-refractivity contribution < 1.29 is 4.74 Å². The molecule has 1 aromatic carbocycles. The summed E-state index contributed by atoms with van der Waals surface area (Å²) >= 11 is 0. The van der Waals surface area contributed by atoms with E-state index in [9.17, 15) is 0 Å². The Bertz CT molecular complexity index is 429. The fraction of sp³-hybridized carbons (Fsp3) is 0.0833. The van der Waals surface area contributed by atoms with Crippen LogP contribution in [0.5, 0.6) is 11.6 Å². The van der Waals surface area contributed by atoms with Crippen LogP contribution in [-0.4, -0.2) is 4.98 Å². The van der Waals surface area contributed by atoms with Crippen molar-refractivity contribution in [1.82, 2.24) is 4.98 Å². The van der Waals surface area contributed by atoms with Crippen molar-refractivity contribution in [1.29, 1.82) is 0 Å². The number of pyridine rings is 1. The van der Waals surface area contributed by atoms with Crippen LogP contribution in [0.2, 0.25) is 0 Å². The SMILES string of the molecule is NCc1cccnc1Oc1ccccc1. The average Bonchev–Trinajstić information content (AvgIpc) is 2.31. The van der Waals surface area contributed by atoms with Crippen molar-refractivity contribution in [3.63, 3.8) is 0 Å². The molecule has 76 valence electrons. The van der Waals surface area contributed by atoms with Gasteiger partial charge >= 0.3 is 0 Å². The van der Waals surface area contributed by atoms with Crippen LogP contribution in [-0.2, 0) is 6.54 Å². The van der Waals surface area contributed by atoms with Gasteiger partial charge in [0.1, 0.15) is 5.75 Å². The number of nitrogens with two attached hydrogens (primary N) is 1. The van der Waals surface area contributed by atoms with E-state index in [-0.39, 0.29) is 0 Å². The third-order valence-corrected chi connectivity index (χ3v) is 2.03. The molecule has 0 bridgehead atoms. The van der Waals surface area contributed by atoms with Gasteiger partial charge < -0.3 is 10.5 Å². The Morgan fingerprint density at radius 3 is 2.60 bits per heavy atom. The molecule has 1 aromatic heterocycles. The van der Waals surface area contributed by atoms with Gasteiger partial charge in [-0.15, -0.1) is 0 Å². The summed E-state index contributed by atoms with van der Waals surface area (Å²) in [4.78, 5) is 4.14. The maximum absolute atomic E-state index is 5.61. The van der Waals surface area contributed by atoms with Crippen LogP contribution in [0.15, 0.2) is 48.7 Å². The summed E-state index contributed by atoms with van der Waals surface area (Å²) in [6.07, 6.45) is 1.69. The van der Waals surface area contributed by atoms with E-state index >= 15 is 0 Å². The molecule has 2 N–H and O–H groups in total.